The third-order valence-electron chi connectivity index (χ3n) is 4.35. The average Bonchev–Trinajstić information content (AvgIpc) is 3.02. The lowest BCUT2D eigenvalue weighted by Crippen LogP contribution is -2.44. The Labute approximate surface area is 140 Å². The minimum absolute atomic E-state index is 0.0937. The first-order valence-electron chi connectivity index (χ1n) is 8.27. The van der Waals surface area contributed by atoms with E-state index in [1.54, 1.807) is 0 Å². The number of urea groups is 1. The molecule has 1 saturated heterocycles. The van der Waals surface area contributed by atoms with Gasteiger partial charge in [-0.3, -0.25) is 0 Å². The molecule has 3 atom stereocenters. The second kappa shape index (κ2) is 8.94. The number of aliphatic hydroxyl groups excluding tert-OH is 1. The number of benzene rings is 1. The fourth-order valence-electron chi connectivity index (χ4n) is 2.84. The minimum Gasteiger partial charge on any atom is -0.396 e. The Morgan fingerprint density at radius 1 is 1.42 bits per heavy atom. The fraction of sp³-hybridized carbons (Fsp3) is 0.588. The van der Waals surface area contributed by atoms with Gasteiger partial charge in [0.1, 0.15) is 6.10 Å². The zero-order valence-electron chi connectivity index (χ0n) is 13.7. The highest BCUT2D eigenvalue weighted by Crippen LogP contribution is 2.30. The van der Waals surface area contributed by atoms with Gasteiger partial charge in [0.25, 0.3) is 0 Å². The molecule has 1 fully saturated rings. The van der Waals surface area contributed by atoms with Crippen molar-refractivity contribution in [1.82, 2.24) is 10.6 Å². The lowest BCUT2D eigenvalue weighted by atomic mass is 10.0. The van der Waals surface area contributed by atoms with Gasteiger partial charge in [0.2, 0.25) is 0 Å². The highest BCUT2D eigenvalue weighted by atomic mass is 19.2. The molecule has 1 aliphatic rings. The predicted octanol–water partition coefficient (Wildman–Crippen LogP) is 2.50. The van der Waals surface area contributed by atoms with Crippen LogP contribution in [0.15, 0.2) is 18.2 Å². The number of rotatable bonds is 7. The first-order chi connectivity index (χ1) is 11.5. The number of ether oxygens (including phenoxy) is 1. The van der Waals surface area contributed by atoms with Crippen LogP contribution in [0, 0.1) is 17.6 Å². The van der Waals surface area contributed by atoms with Gasteiger partial charge in [-0.15, -0.1) is 0 Å². The van der Waals surface area contributed by atoms with Crippen LogP contribution >= 0.6 is 0 Å². The number of hydrogen-bond acceptors (Lipinski definition) is 3. The van der Waals surface area contributed by atoms with Crippen LogP contribution in [-0.2, 0) is 4.74 Å². The fourth-order valence-corrected chi connectivity index (χ4v) is 2.84. The molecule has 3 unspecified atom stereocenters. The molecule has 0 saturated carbocycles. The highest BCUT2D eigenvalue weighted by Gasteiger charge is 2.31. The number of nitrogens with one attached hydrogen (secondary N) is 2. The van der Waals surface area contributed by atoms with Crippen molar-refractivity contribution in [3.8, 4) is 0 Å². The molecule has 2 rings (SSSR count). The molecule has 1 aliphatic heterocycles. The first kappa shape index (κ1) is 18.6. The Balaban J connectivity index is 1.90. The third kappa shape index (κ3) is 4.88. The predicted molar refractivity (Wildman–Crippen MR) is 85.5 cm³/mol. The molecule has 7 heteroatoms. The molecular weight excluding hydrogens is 318 g/mol. The molecule has 1 aromatic carbocycles. The third-order valence-corrected chi connectivity index (χ3v) is 4.35. The summed E-state index contributed by atoms with van der Waals surface area (Å²) in [5.41, 5.74) is 0.503. The van der Waals surface area contributed by atoms with E-state index in [-0.39, 0.29) is 24.6 Å². The number of aliphatic hydroxyl groups is 1. The molecule has 0 radical (unpaired) electrons. The summed E-state index contributed by atoms with van der Waals surface area (Å²) in [5.74, 6) is -1.61. The van der Waals surface area contributed by atoms with Gasteiger partial charge < -0.3 is 20.5 Å². The maximum absolute atomic E-state index is 13.4. The molecule has 24 heavy (non-hydrogen) atoms. The molecule has 134 valence electrons. The van der Waals surface area contributed by atoms with Crippen LogP contribution in [-0.4, -0.2) is 36.9 Å². The van der Waals surface area contributed by atoms with Crippen LogP contribution in [0.5, 0.6) is 0 Å². The van der Waals surface area contributed by atoms with E-state index in [0.29, 0.717) is 31.6 Å². The molecule has 1 aromatic rings. The van der Waals surface area contributed by atoms with E-state index in [1.807, 2.05) is 6.92 Å². The molecule has 0 aliphatic carbocycles. The summed E-state index contributed by atoms with van der Waals surface area (Å²) < 4.78 is 32.0. The van der Waals surface area contributed by atoms with Gasteiger partial charge in [-0.1, -0.05) is 19.4 Å². The first-order valence-corrected chi connectivity index (χ1v) is 8.27. The second-order valence-electron chi connectivity index (χ2n) is 6.00. The molecular formula is C17H24F2N2O3. The summed E-state index contributed by atoms with van der Waals surface area (Å²) >= 11 is 0. The van der Waals surface area contributed by atoms with Gasteiger partial charge in [-0.2, -0.15) is 0 Å². The molecule has 2 amide bonds. The zero-order chi connectivity index (χ0) is 17.5. The van der Waals surface area contributed by atoms with Crippen molar-refractivity contribution in [3.63, 3.8) is 0 Å². The quantitative estimate of drug-likeness (QED) is 0.713. The monoisotopic (exact) mass is 342 g/mol. The normalized spacial score (nSPS) is 21.5. The van der Waals surface area contributed by atoms with E-state index in [1.165, 1.54) is 6.07 Å². The van der Waals surface area contributed by atoms with Crippen molar-refractivity contribution in [1.29, 1.82) is 0 Å². The van der Waals surface area contributed by atoms with Gasteiger partial charge in [0.15, 0.2) is 11.6 Å². The van der Waals surface area contributed by atoms with Crippen molar-refractivity contribution in [2.75, 3.05) is 19.8 Å². The summed E-state index contributed by atoms with van der Waals surface area (Å²) in [6, 6.07) is 3.01. The molecule has 0 bridgehead atoms. The van der Waals surface area contributed by atoms with E-state index in [0.717, 1.165) is 18.6 Å². The summed E-state index contributed by atoms with van der Waals surface area (Å²) in [7, 11) is 0. The SMILES string of the molecule is CCC(CCO)CNC(=O)NC1CCOC1c1ccc(F)c(F)c1. The lowest BCUT2D eigenvalue weighted by Gasteiger charge is -2.21. The second-order valence-corrected chi connectivity index (χ2v) is 6.00. The molecule has 5 nitrogen and oxygen atoms in total. The summed E-state index contributed by atoms with van der Waals surface area (Å²) in [4.78, 5) is 12.0. The van der Waals surface area contributed by atoms with E-state index in [4.69, 9.17) is 9.84 Å². The van der Waals surface area contributed by atoms with Crippen LogP contribution in [0.2, 0.25) is 0 Å². The molecule has 0 aromatic heterocycles. The van der Waals surface area contributed by atoms with Crippen molar-refractivity contribution in [3.05, 3.63) is 35.4 Å². The molecule has 1 heterocycles. The van der Waals surface area contributed by atoms with Crippen LogP contribution in [0.1, 0.15) is 37.9 Å². The van der Waals surface area contributed by atoms with Crippen LogP contribution in [0.4, 0.5) is 13.6 Å². The number of carbonyl (C=O) groups is 1. The zero-order valence-corrected chi connectivity index (χ0v) is 13.7. The van der Waals surface area contributed by atoms with Crippen LogP contribution in [0.3, 0.4) is 0 Å². The van der Waals surface area contributed by atoms with Gasteiger partial charge in [0.05, 0.1) is 6.04 Å². The molecule has 3 N–H and O–H groups in total. The smallest absolute Gasteiger partial charge is 0.315 e. The van der Waals surface area contributed by atoms with Crippen molar-refractivity contribution in [2.45, 2.75) is 38.3 Å². The summed E-state index contributed by atoms with van der Waals surface area (Å²) in [6.07, 6.45) is 1.61. The van der Waals surface area contributed by atoms with Gasteiger partial charge in [-0.25, -0.2) is 13.6 Å². The molecule has 0 spiro atoms. The maximum Gasteiger partial charge on any atom is 0.315 e. The maximum atomic E-state index is 13.4. The van der Waals surface area contributed by atoms with Crippen molar-refractivity contribution >= 4 is 6.03 Å². The summed E-state index contributed by atoms with van der Waals surface area (Å²) in [6.45, 7) is 3.02. The topological polar surface area (TPSA) is 70.6 Å². The summed E-state index contributed by atoms with van der Waals surface area (Å²) in [5, 5.41) is 14.6. The Bertz CT molecular complexity index is 557. The largest absolute Gasteiger partial charge is 0.396 e. The number of amides is 2. The Hall–Kier alpha value is -1.73. The number of carbonyl (C=O) groups excluding carboxylic acids is 1. The average molecular weight is 342 g/mol. The van der Waals surface area contributed by atoms with E-state index in [2.05, 4.69) is 10.6 Å². The van der Waals surface area contributed by atoms with Gasteiger partial charge in [0, 0.05) is 19.8 Å². The number of halogens is 2. The van der Waals surface area contributed by atoms with Crippen LogP contribution in [0.25, 0.3) is 0 Å². The lowest BCUT2D eigenvalue weighted by molar-refractivity contribution is 0.0995. The van der Waals surface area contributed by atoms with Crippen molar-refractivity contribution < 1.29 is 23.4 Å². The van der Waals surface area contributed by atoms with Crippen LogP contribution < -0.4 is 10.6 Å². The standard InChI is InChI=1S/C17H24F2N2O3/c1-2-11(5-7-22)10-20-17(23)21-15-6-8-24-16(15)12-3-4-13(18)14(19)9-12/h3-4,9,11,15-16,22H,2,5-8,10H2,1H3,(H2,20,21,23). The Morgan fingerprint density at radius 2 is 2.21 bits per heavy atom. The highest BCUT2D eigenvalue weighted by molar-refractivity contribution is 5.74. The van der Waals surface area contributed by atoms with E-state index >= 15 is 0 Å². The Kier molecular flexibility index (Phi) is 6.93. The van der Waals surface area contributed by atoms with E-state index in [9.17, 15) is 13.6 Å². The Morgan fingerprint density at radius 3 is 2.88 bits per heavy atom. The van der Waals surface area contributed by atoms with Gasteiger partial charge in [-0.05, 0) is 36.5 Å². The van der Waals surface area contributed by atoms with Crippen molar-refractivity contribution in [2.24, 2.45) is 5.92 Å². The van der Waals surface area contributed by atoms with Gasteiger partial charge >= 0.3 is 6.03 Å². The minimum atomic E-state index is -0.930. The number of hydrogen-bond donors (Lipinski definition) is 3. The van der Waals surface area contributed by atoms with E-state index < -0.39 is 17.7 Å².